The molecule has 1 heterocycles. The number of fused-ring (bicyclic) bond motifs is 1. The monoisotopic (exact) mass is 285 g/mol. The fourth-order valence-electron chi connectivity index (χ4n) is 2.71. The zero-order valence-corrected chi connectivity index (χ0v) is 11.8. The average Bonchev–Trinajstić information content (AvgIpc) is 2.93. The van der Waals surface area contributed by atoms with Gasteiger partial charge >= 0.3 is 0 Å². The zero-order chi connectivity index (χ0) is 14.8. The van der Waals surface area contributed by atoms with Crippen LogP contribution in [0, 0.1) is 5.82 Å². The number of para-hydroxylation sites is 1. The number of halogens is 1. The minimum atomic E-state index is -0.330. The number of methoxy groups -OCH3 is 1. The van der Waals surface area contributed by atoms with Gasteiger partial charge in [-0.15, -0.1) is 0 Å². The van der Waals surface area contributed by atoms with Gasteiger partial charge in [-0.05, 0) is 35.7 Å². The van der Waals surface area contributed by atoms with Crippen LogP contribution in [0.5, 0.6) is 5.75 Å². The highest BCUT2D eigenvalue weighted by atomic mass is 19.1. The molecular weight excluding hydrogens is 269 g/mol. The summed E-state index contributed by atoms with van der Waals surface area (Å²) in [5.74, 6) is 0.296. The molecule has 3 nitrogen and oxygen atoms in total. The van der Waals surface area contributed by atoms with Crippen molar-refractivity contribution < 1.29 is 13.9 Å². The smallest absolute Gasteiger partial charge is 0.231 e. The summed E-state index contributed by atoms with van der Waals surface area (Å²) in [5.41, 5.74) is 2.20. The third-order valence-corrected chi connectivity index (χ3v) is 3.74. The van der Waals surface area contributed by atoms with Gasteiger partial charge in [0.15, 0.2) is 0 Å². The Labute approximate surface area is 123 Å². The van der Waals surface area contributed by atoms with Crippen LogP contribution < -0.4 is 9.64 Å². The predicted molar refractivity (Wildman–Crippen MR) is 79.2 cm³/mol. The number of amides is 1. The average molecular weight is 285 g/mol. The van der Waals surface area contributed by atoms with Crippen molar-refractivity contribution in [3.05, 3.63) is 59.4 Å². The Balaban J connectivity index is 1.82. The van der Waals surface area contributed by atoms with E-state index in [0.29, 0.717) is 24.4 Å². The van der Waals surface area contributed by atoms with Crippen LogP contribution in [0.1, 0.15) is 11.1 Å². The van der Waals surface area contributed by atoms with Gasteiger partial charge in [-0.2, -0.15) is 0 Å². The number of hydrogen-bond acceptors (Lipinski definition) is 2. The van der Waals surface area contributed by atoms with Gasteiger partial charge in [0.05, 0.1) is 19.2 Å². The Morgan fingerprint density at radius 3 is 2.90 bits per heavy atom. The molecule has 0 aromatic heterocycles. The molecule has 1 amide bonds. The summed E-state index contributed by atoms with van der Waals surface area (Å²) in [4.78, 5) is 14.0. The molecule has 21 heavy (non-hydrogen) atoms. The van der Waals surface area contributed by atoms with Gasteiger partial charge in [-0.1, -0.05) is 24.3 Å². The molecule has 0 N–H and O–H groups in total. The first-order chi connectivity index (χ1) is 10.2. The maximum Gasteiger partial charge on any atom is 0.231 e. The highest BCUT2D eigenvalue weighted by molar-refractivity contribution is 5.96. The van der Waals surface area contributed by atoms with E-state index in [9.17, 15) is 9.18 Å². The van der Waals surface area contributed by atoms with Crippen molar-refractivity contribution in [1.82, 2.24) is 0 Å². The quantitative estimate of drug-likeness (QED) is 0.867. The largest absolute Gasteiger partial charge is 0.497 e. The number of ether oxygens (including phenoxy) is 1. The lowest BCUT2D eigenvalue weighted by Crippen LogP contribution is -2.31. The van der Waals surface area contributed by atoms with Crippen molar-refractivity contribution in [2.75, 3.05) is 18.6 Å². The minimum absolute atomic E-state index is 0.0906. The molecule has 0 saturated heterocycles. The number of rotatable bonds is 3. The Morgan fingerprint density at radius 1 is 1.29 bits per heavy atom. The molecule has 0 atom stereocenters. The third kappa shape index (κ3) is 2.61. The lowest BCUT2D eigenvalue weighted by atomic mass is 10.1. The van der Waals surface area contributed by atoms with Crippen molar-refractivity contribution >= 4 is 11.6 Å². The highest BCUT2D eigenvalue weighted by Gasteiger charge is 2.27. The second-order valence-electron chi connectivity index (χ2n) is 5.07. The van der Waals surface area contributed by atoms with Gasteiger partial charge in [-0.25, -0.2) is 4.39 Å². The number of anilines is 1. The van der Waals surface area contributed by atoms with E-state index >= 15 is 0 Å². The molecular formula is C17H16FNO2. The van der Waals surface area contributed by atoms with Crippen LogP contribution >= 0.6 is 0 Å². The van der Waals surface area contributed by atoms with Crippen molar-refractivity contribution in [2.45, 2.75) is 12.8 Å². The number of hydrogen-bond donors (Lipinski definition) is 0. The second kappa shape index (κ2) is 5.56. The normalized spacial score (nSPS) is 13.1. The number of nitrogens with zero attached hydrogens (tertiary/aromatic N) is 1. The van der Waals surface area contributed by atoms with E-state index < -0.39 is 0 Å². The van der Waals surface area contributed by atoms with Crippen molar-refractivity contribution in [3.8, 4) is 5.75 Å². The summed E-state index contributed by atoms with van der Waals surface area (Å²) in [5, 5.41) is 0. The number of carbonyl (C=O) groups excluding carboxylic acids is 1. The minimum Gasteiger partial charge on any atom is -0.497 e. The number of carbonyl (C=O) groups is 1. The van der Waals surface area contributed by atoms with E-state index in [0.717, 1.165) is 11.1 Å². The van der Waals surface area contributed by atoms with Crippen molar-refractivity contribution in [3.63, 3.8) is 0 Å². The van der Waals surface area contributed by atoms with Crippen LogP contribution in [0.4, 0.5) is 10.1 Å². The van der Waals surface area contributed by atoms with E-state index in [4.69, 9.17) is 4.74 Å². The van der Waals surface area contributed by atoms with E-state index in [-0.39, 0.29) is 18.1 Å². The summed E-state index contributed by atoms with van der Waals surface area (Å²) in [6.07, 6.45) is 0.946. The first-order valence-electron chi connectivity index (χ1n) is 6.89. The second-order valence-corrected chi connectivity index (χ2v) is 5.07. The summed E-state index contributed by atoms with van der Waals surface area (Å²) in [7, 11) is 1.59. The molecule has 0 fully saturated rings. The molecule has 108 valence electrons. The molecule has 0 radical (unpaired) electrons. The fourth-order valence-corrected chi connectivity index (χ4v) is 2.71. The highest BCUT2D eigenvalue weighted by Crippen LogP contribution is 2.31. The molecule has 0 unspecified atom stereocenters. The van der Waals surface area contributed by atoms with Crippen molar-refractivity contribution in [2.24, 2.45) is 0 Å². The van der Waals surface area contributed by atoms with E-state index in [1.807, 2.05) is 30.3 Å². The van der Waals surface area contributed by atoms with Crippen LogP contribution in [-0.2, 0) is 17.6 Å². The molecule has 0 spiro atoms. The summed E-state index contributed by atoms with van der Waals surface area (Å²) in [6.45, 7) is 0.541. The molecule has 3 rings (SSSR count). The first-order valence-corrected chi connectivity index (χ1v) is 6.89. The van der Waals surface area contributed by atoms with E-state index in [1.165, 1.54) is 6.07 Å². The molecule has 0 saturated carbocycles. The maximum atomic E-state index is 13.9. The molecule has 0 bridgehead atoms. The predicted octanol–water partition coefficient (Wildman–Crippen LogP) is 2.97. The van der Waals surface area contributed by atoms with Crippen LogP contribution in [0.15, 0.2) is 42.5 Å². The third-order valence-electron chi connectivity index (χ3n) is 3.74. The van der Waals surface area contributed by atoms with Gasteiger partial charge in [-0.3, -0.25) is 4.79 Å². The van der Waals surface area contributed by atoms with E-state index in [1.54, 1.807) is 18.1 Å². The van der Waals surface area contributed by atoms with Crippen LogP contribution in [0.25, 0.3) is 0 Å². The Morgan fingerprint density at radius 2 is 2.10 bits per heavy atom. The summed E-state index contributed by atoms with van der Waals surface area (Å²) in [6, 6.07) is 12.3. The Hall–Kier alpha value is -2.36. The fraction of sp³-hybridized carbons (Fsp3) is 0.235. The van der Waals surface area contributed by atoms with Crippen LogP contribution in [0.2, 0.25) is 0 Å². The lowest BCUT2D eigenvalue weighted by molar-refractivity contribution is -0.117. The summed E-state index contributed by atoms with van der Waals surface area (Å²) < 4.78 is 19.1. The van der Waals surface area contributed by atoms with Gasteiger partial charge in [0.2, 0.25) is 5.91 Å². The van der Waals surface area contributed by atoms with Crippen LogP contribution in [-0.4, -0.2) is 19.6 Å². The summed E-state index contributed by atoms with van der Waals surface area (Å²) >= 11 is 0. The standard InChI is InChI=1S/C17H16FNO2/c1-21-14-6-2-4-12(10-14)11-16(20)19-9-8-13-5-3-7-15(18)17(13)19/h2-7,10H,8-9,11H2,1H3. The first kappa shape index (κ1) is 13.6. The molecule has 2 aromatic carbocycles. The van der Waals surface area contributed by atoms with Crippen LogP contribution in [0.3, 0.4) is 0 Å². The topological polar surface area (TPSA) is 29.5 Å². The SMILES string of the molecule is COc1cccc(CC(=O)N2CCc3cccc(F)c32)c1. The van der Waals surface area contributed by atoms with Gasteiger partial charge < -0.3 is 9.64 Å². The molecule has 1 aliphatic rings. The lowest BCUT2D eigenvalue weighted by Gasteiger charge is -2.18. The zero-order valence-electron chi connectivity index (χ0n) is 11.8. The maximum absolute atomic E-state index is 13.9. The molecule has 0 aliphatic carbocycles. The molecule has 4 heteroatoms. The number of benzene rings is 2. The Bertz CT molecular complexity index is 684. The van der Waals surface area contributed by atoms with Gasteiger partial charge in [0.1, 0.15) is 11.6 Å². The van der Waals surface area contributed by atoms with Crippen molar-refractivity contribution in [1.29, 1.82) is 0 Å². The Kier molecular flexibility index (Phi) is 3.60. The van der Waals surface area contributed by atoms with Gasteiger partial charge in [0.25, 0.3) is 0 Å². The van der Waals surface area contributed by atoms with Gasteiger partial charge in [0, 0.05) is 6.54 Å². The molecule has 2 aromatic rings. The molecule has 1 aliphatic heterocycles. The van der Waals surface area contributed by atoms with E-state index in [2.05, 4.69) is 0 Å².